The maximum Gasteiger partial charge on any atom is 0.316 e. The molecular weight excluding hydrogens is 242 g/mol. The molecule has 3 rings (SSSR count). The molecule has 19 heavy (non-hydrogen) atoms. The Morgan fingerprint density at radius 3 is 2.74 bits per heavy atom. The van der Waals surface area contributed by atoms with Gasteiger partial charge in [-0.15, -0.1) is 0 Å². The summed E-state index contributed by atoms with van der Waals surface area (Å²) in [6.07, 6.45) is 6.27. The number of rotatable bonds is 4. The van der Waals surface area contributed by atoms with Crippen molar-refractivity contribution in [3.8, 4) is 6.01 Å². The van der Waals surface area contributed by atoms with Gasteiger partial charge in [0.1, 0.15) is 0 Å². The normalized spacial score (nSPS) is 22.2. The number of hydrogen-bond donors (Lipinski definition) is 1. The summed E-state index contributed by atoms with van der Waals surface area (Å²) in [5.74, 6) is 0.568. The Kier molecular flexibility index (Phi) is 3.41. The van der Waals surface area contributed by atoms with Crippen molar-refractivity contribution in [2.45, 2.75) is 37.0 Å². The van der Waals surface area contributed by atoms with Crippen LogP contribution in [-0.4, -0.2) is 36.8 Å². The fourth-order valence-electron chi connectivity index (χ4n) is 2.90. The molecule has 0 amide bonds. The molecule has 1 saturated carbocycles. The van der Waals surface area contributed by atoms with Crippen molar-refractivity contribution in [3.05, 3.63) is 17.5 Å². The van der Waals surface area contributed by atoms with Gasteiger partial charge in [0, 0.05) is 42.9 Å². The second kappa shape index (κ2) is 5.06. The molecule has 2 fully saturated rings. The topological polar surface area (TPSA) is 70.3 Å². The monoisotopic (exact) mass is 263 g/mol. The van der Waals surface area contributed by atoms with Crippen LogP contribution in [0, 0.1) is 0 Å². The first kappa shape index (κ1) is 12.8. The first-order valence-electron chi connectivity index (χ1n) is 6.98. The Bertz CT molecular complexity index is 454. The van der Waals surface area contributed by atoms with E-state index in [9.17, 15) is 0 Å². The van der Waals surface area contributed by atoms with Crippen LogP contribution in [0.1, 0.15) is 42.9 Å². The second-order valence-corrected chi connectivity index (χ2v) is 5.53. The van der Waals surface area contributed by atoms with E-state index in [1.54, 1.807) is 7.11 Å². The molecule has 0 bridgehead atoms. The highest BCUT2D eigenvalue weighted by Gasteiger charge is 2.39. The zero-order valence-electron chi connectivity index (χ0n) is 11.4. The standard InChI is InChI=1S/C14H21N3O2/c1-18-13-16-8-11(12(17-13)10-2-3-10)14(9-15)4-6-19-7-5-14/h8,10H,2-7,9,15H2,1H3. The number of methoxy groups -OCH3 is 1. The Morgan fingerprint density at radius 2 is 2.16 bits per heavy atom. The van der Waals surface area contributed by atoms with E-state index in [0.717, 1.165) is 31.7 Å². The van der Waals surface area contributed by atoms with Crippen molar-refractivity contribution in [1.82, 2.24) is 9.97 Å². The van der Waals surface area contributed by atoms with Gasteiger partial charge < -0.3 is 15.2 Å². The lowest BCUT2D eigenvalue weighted by Gasteiger charge is -2.37. The minimum atomic E-state index is -0.0115. The van der Waals surface area contributed by atoms with Gasteiger partial charge >= 0.3 is 6.01 Å². The lowest BCUT2D eigenvalue weighted by molar-refractivity contribution is 0.0523. The summed E-state index contributed by atoms with van der Waals surface area (Å²) in [6.45, 7) is 2.17. The van der Waals surface area contributed by atoms with E-state index in [1.165, 1.54) is 18.4 Å². The second-order valence-electron chi connectivity index (χ2n) is 5.53. The van der Waals surface area contributed by atoms with Gasteiger partial charge in [0.05, 0.1) is 12.8 Å². The van der Waals surface area contributed by atoms with Crippen molar-refractivity contribution < 1.29 is 9.47 Å². The molecule has 0 unspecified atom stereocenters. The third-order valence-corrected chi connectivity index (χ3v) is 4.35. The summed E-state index contributed by atoms with van der Waals surface area (Å²) in [5, 5.41) is 0. The largest absolute Gasteiger partial charge is 0.467 e. The van der Waals surface area contributed by atoms with Crippen LogP contribution in [0.5, 0.6) is 6.01 Å². The van der Waals surface area contributed by atoms with E-state index in [-0.39, 0.29) is 5.41 Å². The average molecular weight is 263 g/mol. The highest BCUT2D eigenvalue weighted by atomic mass is 16.5. The van der Waals surface area contributed by atoms with Gasteiger partial charge in [-0.05, 0) is 25.7 Å². The molecule has 104 valence electrons. The highest BCUT2D eigenvalue weighted by molar-refractivity contribution is 5.34. The van der Waals surface area contributed by atoms with Gasteiger partial charge in [-0.25, -0.2) is 4.98 Å². The predicted octanol–water partition coefficient (Wildman–Crippen LogP) is 1.37. The van der Waals surface area contributed by atoms with Crippen LogP contribution in [0.2, 0.25) is 0 Å². The summed E-state index contributed by atoms with van der Waals surface area (Å²) in [7, 11) is 1.61. The Morgan fingerprint density at radius 1 is 1.42 bits per heavy atom. The molecule has 2 N–H and O–H groups in total. The van der Waals surface area contributed by atoms with Crippen molar-refractivity contribution >= 4 is 0 Å². The molecule has 2 heterocycles. The number of nitrogens with zero attached hydrogens (tertiary/aromatic N) is 2. The molecule has 0 aromatic carbocycles. The van der Waals surface area contributed by atoms with E-state index in [1.807, 2.05) is 6.20 Å². The van der Waals surface area contributed by atoms with Crippen LogP contribution in [0.25, 0.3) is 0 Å². The summed E-state index contributed by atoms with van der Waals surface area (Å²) in [6, 6.07) is 0.463. The third kappa shape index (κ3) is 2.32. The van der Waals surface area contributed by atoms with Crippen molar-refractivity contribution in [1.29, 1.82) is 0 Å². The number of ether oxygens (including phenoxy) is 2. The first-order valence-corrected chi connectivity index (χ1v) is 6.98. The van der Waals surface area contributed by atoms with Crippen LogP contribution in [0.4, 0.5) is 0 Å². The van der Waals surface area contributed by atoms with Crippen molar-refractivity contribution in [2.24, 2.45) is 5.73 Å². The Hall–Kier alpha value is -1.20. The van der Waals surface area contributed by atoms with E-state index in [2.05, 4.69) is 9.97 Å². The predicted molar refractivity (Wildman–Crippen MR) is 71.3 cm³/mol. The highest BCUT2D eigenvalue weighted by Crippen LogP contribution is 2.45. The molecule has 1 aliphatic heterocycles. The van der Waals surface area contributed by atoms with Gasteiger partial charge in [0.2, 0.25) is 0 Å². The number of hydrogen-bond acceptors (Lipinski definition) is 5. The summed E-state index contributed by atoms with van der Waals surface area (Å²) >= 11 is 0. The zero-order valence-corrected chi connectivity index (χ0v) is 11.4. The van der Waals surface area contributed by atoms with Gasteiger partial charge in [0.15, 0.2) is 0 Å². The quantitative estimate of drug-likeness (QED) is 0.888. The van der Waals surface area contributed by atoms with Crippen molar-refractivity contribution in [2.75, 3.05) is 26.9 Å². The van der Waals surface area contributed by atoms with Gasteiger partial charge in [-0.1, -0.05) is 0 Å². The maximum absolute atomic E-state index is 6.09. The van der Waals surface area contributed by atoms with Gasteiger partial charge in [-0.2, -0.15) is 4.98 Å². The Balaban J connectivity index is 2.02. The van der Waals surface area contributed by atoms with E-state index in [4.69, 9.17) is 15.2 Å². The van der Waals surface area contributed by atoms with E-state index in [0.29, 0.717) is 18.5 Å². The molecule has 5 heteroatoms. The number of aromatic nitrogens is 2. The summed E-state index contributed by atoms with van der Waals surface area (Å²) < 4.78 is 10.7. The molecule has 1 aromatic heterocycles. The molecule has 0 spiro atoms. The minimum absolute atomic E-state index is 0.0115. The van der Waals surface area contributed by atoms with Gasteiger partial charge in [0.25, 0.3) is 0 Å². The average Bonchev–Trinajstić information content (AvgIpc) is 3.32. The molecule has 1 aliphatic carbocycles. The first-order chi connectivity index (χ1) is 9.29. The van der Waals surface area contributed by atoms with Crippen LogP contribution in [0.15, 0.2) is 6.20 Å². The fraction of sp³-hybridized carbons (Fsp3) is 0.714. The fourth-order valence-corrected chi connectivity index (χ4v) is 2.90. The molecule has 5 nitrogen and oxygen atoms in total. The molecular formula is C14H21N3O2. The Labute approximate surface area is 113 Å². The third-order valence-electron chi connectivity index (χ3n) is 4.35. The number of nitrogens with two attached hydrogens (primary N) is 1. The minimum Gasteiger partial charge on any atom is -0.467 e. The van der Waals surface area contributed by atoms with E-state index >= 15 is 0 Å². The van der Waals surface area contributed by atoms with Crippen LogP contribution in [0.3, 0.4) is 0 Å². The summed E-state index contributed by atoms with van der Waals surface area (Å²) in [4.78, 5) is 8.90. The van der Waals surface area contributed by atoms with E-state index < -0.39 is 0 Å². The molecule has 1 aromatic rings. The molecule has 1 saturated heterocycles. The van der Waals surface area contributed by atoms with Crippen LogP contribution < -0.4 is 10.5 Å². The molecule has 0 radical (unpaired) electrons. The van der Waals surface area contributed by atoms with Crippen molar-refractivity contribution in [3.63, 3.8) is 0 Å². The van der Waals surface area contributed by atoms with Crippen LogP contribution in [-0.2, 0) is 10.2 Å². The zero-order chi connectivity index (χ0) is 13.3. The smallest absolute Gasteiger partial charge is 0.316 e. The molecule has 0 atom stereocenters. The summed E-state index contributed by atoms with van der Waals surface area (Å²) in [5.41, 5.74) is 8.45. The lowest BCUT2D eigenvalue weighted by Crippen LogP contribution is -2.41. The molecule has 2 aliphatic rings. The maximum atomic E-state index is 6.09. The SMILES string of the molecule is COc1ncc(C2(CN)CCOCC2)c(C2CC2)n1. The lowest BCUT2D eigenvalue weighted by atomic mass is 9.73. The van der Waals surface area contributed by atoms with Crippen LogP contribution >= 0.6 is 0 Å². The van der Waals surface area contributed by atoms with Gasteiger partial charge in [-0.3, -0.25) is 0 Å².